The zero-order valence-electron chi connectivity index (χ0n) is 11.1. The molecule has 3 N–H and O–H groups in total. The van der Waals surface area contributed by atoms with Gasteiger partial charge in [-0.05, 0) is 31.0 Å². The number of nitrogens with one attached hydrogen (secondary N) is 1. The summed E-state index contributed by atoms with van der Waals surface area (Å²) in [5.41, 5.74) is 8.03. The third-order valence-electron chi connectivity index (χ3n) is 3.10. The zero-order chi connectivity index (χ0) is 13.8. The molecule has 0 fully saturated rings. The van der Waals surface area contributed by atoms with Gasteiger partial charge in [0.1, 0.15) is 6.04 Å². The molecule has 0 aliphatic heterocycles. The van der Waals surface area contributed by atoms with E-state index in [0.29, 0.717) is 6.54 Å². The van der Waals surface area contributed by atoms with Crippen LogP contribution in [0.1, 0.15) is 26.9 Å². The molecule has 1 atom stereocenters. The molecule has 2 rings (SSSR count). The average Bonchev–Trinajstić information content (AvgIpc) is 2.75. The van der Waals surface area contributed by atoms with Crippen LogP contribution >= 0.6 is 11.3 Å². The predicted octanol–water partition coefficient (Wildman–Crippen LogP) is 2.68. The van der Waals surface area contributed by atoms with Crippen LogP contribution in [-0.2, 0) is 11.3 Å². The number of benzene rings is 1. The molecule has 3 nitrogen and oxygen atoms in total. The molecule has 1 amide bonds. The van der Waals surface area contributed by atoms with E-state index in [0.717, 1.165) is 10.4 Å². The molecule has 0 spiro atoms. The lowest BCUT2D eigenvalue weighted by Gasteiger charge is -2.11. The van der Waals surface area contributed by atoms with E-state index in [-0.39, 0.29) is 5.91 Å². The van der Waals surface area contributed by atoms with Gasteiger partial charge >= 0.3 is 0 Å². The number of thiophene rings is 1. The maximum atomic E-state index is 12.0. The number of nitrogens with two attached hydrogens (primary N) is 1. The van der Waals surface area contributed by atoms with Crippen molar-refractivity contribution in [2.45, 2.75) is 26.4 Å². The second-order valence-electron chi connectivity index (χ2n) is 4.56. The van der Waals surface area contributed by atoms with Crippen molar-refractivity contribution in [1.82, 2.24) is 5.32 Å². The van der Waals surface area contributed by atoms with Crippen molar-refractivity contribution in [1.29, 1.82) is 0 Å². The van der Waals surface area contributed by atoms with Gasteiger partial charge in [0.25, 0.3) is 0 Å². The summed E-state index contributed by atoms with van der Waals surface area (Å²) in [6.45, 7) is 4.70. The van der Waals surface area contributed by atoms with Gasteiger partial charge in [0.15, 0.2) is 0 Å². The van der Waals surface area contributed by atoms with Crippen molar-refractivity contribution in [2.75, 3.05) is 0 Å². The van der Waals surface area contributed by atoms with E-state index < -0.39 is 6.04 Å². The number of carbonyl (C=O) groups is 1. The molecule has 1 aromatic heterocycles. The molecule has 1 aromatic carbocycles. The topological polar surface area (TPSA) is 55.1 Å². The molecule has 0 bridgehead atoms. The minimum atomic E-state index is -0.608. The van der Waals surface area contributed by atoms with Gasteiger partial charge in [0, 0.05) is 9.75 Å². The molecular formula is C15H18N2OS. The summed E-state index contributed by atoms with van der Waals surface area (Å²) in [6, 6.07) is 10.9. The van der Waals surface area contributed by atoms with E-state index in [1.54, 1.807) is 11.3 Å². The molecule has 1 heterocycles. The number of rotatable bonds is 4. The number of amides is 1. The van der Waals surface area contributed by atoms with Crippen LogP contribution in [0, 0.1) is 13.8 Å². The first-order valence-electron chi connectivity index (χ1n) is 6.22. The van der Waals surface area contributed by atoms with Crippen molar-refractivity contribution in [3.05, 3.63) is 57.3 Å². The summed E-state index contributed by atoms with van der Waals surface area (Å²) in [4.78, 5) is 14.4. The molecule has 19 heavy (non-hydrogen) atoms. The average molecular weight is 274 g/mol. The van der Waals surface area contributed by atoms with Gasteiger partial charge in [-0.3, -0.25) is 4.79 Å². The van der Waals surface area contributed by atoms with Crippen LogP contribution in [0.25, 0.3) is 0 Å². The lowest BCUT2D eigenvalue weighted by molar-refractivity contribution is -0.122. The van der Waals surface area contributed by atoms with Gasteiger partial charge in [-0.2, -0.15) is 0 Å². The van der Waals surface area contributed by atoms with Crippen molar-refractivity contribution >= 4 is 17.2 Å². The number of carbonyl (C=O) groups excluding carboxylic acids is 1. The van der Waals surface area contributed by atoms with E-state index in [1.807, 2.05) is 30.3 Å². The van der Waals surface area contributed by atoms with E-state index in [9.17, 15) is 4.79 Å². The normalized spacial score (nSPS) is 12.2. The standard InChI is InChI=1S/C15H18N2OS/c1-10-8-13(19-11(10)2)9-17-15(18)14(16)12-6-4-3-5-7-12/h3-8,14H,9,16H2,1-2H3,(H,17,18)/t14-/m1/s1. The molecule has 0 radical (unpaired) electrons. The number of hydrogen-bond donors (Lipinski definition) is 2. The van der Waals surface area contributed by atoms with Crippen LogP contribution in [-0.4, -0.2) is 5.91 Å². The van der Waals surface area contributed by atoms with Crippen LogP contribution in [0.4, 0.5) is 0 Å². The van der Waals surface area contributed by atoms with Crippen LogP contribution in [0.2, 0.25) is 0 Å². The van der Waals surface area contributed by atoms with Gasteiger partial charge < -0.3 is 11.1 Å². The number of hydrogen-bond acceptors (Lipinski definition) is 3. The van der Waals surface area contributed by atoms with E-state index in [4.69, 9.17) is 5.73 Å². The highest BCUT2D eigenvalue weighted by molar-refractivity contribution is 7.12. The Kier molecular flexibility index (Phi) is 4.35. The van der Waals surface area contributed by atoms with Crippen molar-refractivity contribution < 1.29 is 4.79 Å². The largest absolute Gasteiger partial charge is 0.350 e. The van der Waals surface area contributed by atoms with Crippen molar-refractivity contribution in [2.24, 2.45) is 5.73 Å². The maximum Gasteiger partial charge on any atom is 0.241 e. The predicted molar refractivity (Wildman–Crippen MR) is 79.0 cm³/mol. The molecule has 4 heteroatoms. The summed E-state index contributed by atoms with van der Waals surface area (Å²) in [5.74, 6) is -0.144. The first kappa shape index (κ1) is 13.8. The van der Waals surface area contributed by atoms with Gasteiger partial charge in [-0.1, -0.05) is 30.3 Å². The fourth-order valence-corrected chi connectivity index (χ4v) is 2.83. The lowest BCUT2D eigenvalue weighted by Crippen LogP contribution is -2.33. The Morgan fingerprint density at radius 1 is 1.32 bits per heavy atom. The second kappa shape index (κ2) is 5.99. The second-order valence-corrected chi connectivity index (χ2v) is 5.90. The van der Waals surface area contributed by atoms with E-state index >= 15 is 0 Å². The minimum Gasteiger partial charge on any atom is -0.350 e. The third kappa shape index (κ3) is 3.43. The number of aryl methyl sites for hydroxylation is 2. The Labute approximate surface area is 117 Å². The molecule has 100 valence electrons. The monoisotopic (exact) mass is 274 g/mol. The quantitative estimate of drug-likeness (QED) is 0.900. The maximum absolute atomic E-state index is 12.0. The SMILES string of the molecule is Cc1cc(CNC(=O)[C@H](N)c2ccccc2)sc1C. The molecule has 2 aromatic rings. The molecule has 0 unspecified atom stereocenters. The summed E-state index contributed by atoms with van der Waals surface area (Å²) in [5, 5.41) is 2.88. The fourth-order valence-electron chi connectivity index (χ4n) is 1.83. The first-order chi connectivity index (χ1) is 9.08. The lowest BCUT2D eigenvalue weighted by atomic mass is 10.1. The highest BCUT2D eigenvalue weighted by Gasteiger charge is 2.15. The Morgan fingerprint density at radius 2 is 2.00 bits per heavy atom. The Balaban J connectivity index is 1.94. The molecular weight excluding hydrogens is 256 g/mol. The van der Waals surface area contributed by atoms with Gasteiger partial charge in [-0.15, -0.1) is 11.3 Å². The van der Waals surface area contributed by atoms with Crippen LogP contribution < -0.4 is 11.1 Å². The first-order valence-corrected chi connectivity index (χ1v) is 7.03. The van der Waals surface area contributed by atoms with Crippen LogP contribution in [0.5, 0.6) is 0 Å². The summed E-state index contributed by atoms with van der Waals surface area (Å²) < 4.78 is 0. The van der Waals surface area contributed by atoms with E-state index in [1.165, 1.54) is 10.4 Å². The van der Waals surface area contributed by atoms with Gasteiger partial charge in [0.2, 0.25) is 5.91 Å². The van der Waals surface area contributed by atoms with Crippen LogP contribution in [0.15, 0.2) is 36.4 Å². The Hall–Kier alpha value is -1.65. The molecule has 0 saturated heterocycles. The zero-order valence-corrected chi connectivity index (χ0v) is 12.0. The van der Waals surface area contributed by atoms with Gasteiger partial charge in [0.05, 0.1) is 6.54 Å². The Bertz CT molecular complexity index is 543. The minimum absolute atomic E-state index is 0.144. The molecule has 0 aliphatic rings. The summed E-state index contributed by atoms with van der Waals surface area (Å²) in [7, 11) is 0. The van der Waals surface area contributed by atoms with E-state index in [2.05, 4.69) is 25.2 Å². The molecule has 0 saturated carbocycles. The third-order valence-corrected chi connectivity index (χ3v) is 4.25. The van der Waals surface area contributed by atoms with Crippen molar-refractivity contribution in [3.8, 4) is 0 Å². The molecule has 0 aliphatic carbocycles. The summed E-state index contributed by atoms with van der Waals surface area (Å²) in [6.07, 6.45) is 0. The highest BCUT2D eigenvalue weighted by Crippen LogP contribution is 2.20. The summed E-state index contributed by atoms with van der Waals surface area (Å²) >= 11 is 1.71. The fraction of sp³-hybridized carbons (Fsp3) is 0.267. The Morgan fingerprint density at radius 3 is 2.58 bits per heavy atom. The highest BCUT2D eigenvalue weighted by atomic mass is 32.1. The van der Waals surface area contributed by atoms with Crippen molar-refractivity contribution in [3.63, 3.8) is 0 Å². The van der Waals surface area contributed by atoms with Gasteiger partial charge in [-0.25, -0.2) is 0 Å². The smallest absolute Gasteiger partial charge is 0.241 e. The van der Waals surface area contributed by atoms with Crippen LogP contribution in [0.3, 0.4) is 0 Å².